The molecule has 0 radical (unpaired) electrons. The fourth-order valence-corrected chi connectivity index (χ4v) is 1.51. The van der Waals surface area contributed by atoms with Crippen molar-refractivity contribution in [2.75, 3.05) is 0 Å². The number of esters is 2. The van der Waals surface area contributed by atoms with E-state index in [4.69, 9.17) is 0 Å². The third-order valence-electron chi connectivity index (χ3n) is 2.41. The van der Waals surface area contributed by atoms with Crippen molar-refractivity contribution in [1.29, 1.82) is 0 Å². The summed E-state index contributed by atoms with van der Waals surface area (Å²) in [5, 5.41) is 0. The number of rotatable bonds is 2. The first-order chi connectivity index (χ1) is 9.49. The molecule has 2 rings (SSSR count). The molecule has 0 amide bonds. The van der Waals surface area contributed by atoms with Crippen molar-refractivity contribution in [3.05, 3.63) is 71.0 Å². The van der Waals surface area contributed by atoms with Gasteiger partial charge in [-0.25, -0.2) is 22.8 Å². The first-order valence-electron chi connectivity index (χ1n) is 5.45. The highest BCUT2D eigenvalue weighted by atomic mass is 19.1. The number of carbonyl (C=O) groups is 2. The maximum absolute atomic E-state index is 13.3. The van der Waals surface area contributed by atoms with Crippen molar-refractivity contribution in [2.45, 2.75) is 0 Å². The molecule has 2 aromatic rings. The van der Waals surface area contributed by atoms with Crippen molar-refractivity contribution >= 4 is 11.9 Å². The lowest BCUT2D eigenvalue weighted by Gasteiger charge is -2.05. The Bertz CT molecular complexity index is 646. The quantitative estimate of drug-likeness (QED) is 0.627. The van der Waals surface area contributed by atoms with Gasteiger partial charge in [0.1, 0.15) is 23.0 Å². The Balaban J connectivity index is 2.24. The number of hydrogen-bond acceptors (Lipinski definition) is 3. The van der Waals surface area contributed by atoms with Crippen LogP contribution in [0.1, 0.15) is 20.7 Å². The van der Waals surface area contributed by atoms with Crippen LogP contribution >= 0.6 is 0 Å². The Morgan fingerprint density at radius 2 is 1.40 bits per heavy atom. The summed E-state index contributed by atoms with van der Waals surface area (Å²) in [6.07, 6.45) is 0. The lowest BCUT2D eigenvalue weighted by molar-refractivity contribution is 0.0391. The van der Waals surface area contributed by atoms with E-state index in [-0.39, 0.29) is 5.56 Å². The molecular formula is C14H7F3O3. The molecule has 0 aliphatic heterocycles. The summed E-state index contributed by atoms with van der Waals surface area (Å²) in [5.41, 5.74) is -1.07. The molecule has 0 fully saturated rings. The average molecular weight is 280 g/mol. The Morgan fingerprint density at radius 1 is 0.850 bits per heavy atom. The fourth-order valence-electron chi connectivity index (χ4n) is 1.51. The van der Waals surface area contributed by atoms with Crippen LogP contribution in [0, 0.1) is 17.5 Å². The number of carbonyl (C=O) groups excluding carboxylic acids is 2. The van der Waals surface area contributed by atoms with Crippen molar-refractivity contribution in [3.63, 3.8) is 0 Å². The second-order valence-corrected chi connectivity index (χ2v) is 3.79. The zero-order valence-corrected chi connectivity index (χ0v) is 9.90. The minimum absolute atomic E-state index is 0.0452. The summed E-state index contributed by atoms with van der Waals surface area (Å²) in [7, 11) is 0. The Labute approximate surface area is 111 Å². The van der Waals surface area contributed by atoms with E-state index in [2.05, 4.69) is 4.74 Å². The number of halogens is 3. The van der Waals surface area contributed by atoms with Crippen molar-refractivity contribution < 1.29 is 27.5 Å². The summed E-state index contributed by atoms with van der Waals surface area (Å²) < 4.78 is 43.7. The van der Waals surface area contributed by atoms with Crippen LogP contribution in [0.25, 0.3) is 0 Å². The maximum atomic E-state index is 13.3. The van der Waals surface area contributed by atoms with Gasteiger partial charge in [-0.05, 0) is 12.1 Å². The van der Waals surface area contributed by atoms with Gasteiger partial charge in [0, 0.05) is 12.1 Å². The SMILES string of the molecule is O=C(OC(=O)c1c(F)cc(F)cc1F)c1ccccc1. The minimum Gasteiger partial charge on any atom is -0.386 e. The lowest BCUT2D eigenvalue weighted by Crippen LogP contribution is -2.16. The van der Waals surface area contributed by atoms with Gasteiger partial charge in [-0.1, -0.05) is 18.2 Å². The van der Waals surface area contributed by atoms with Crippen LogP contribution in [0.15, 0.2) is 42.5 Å². The van der Waals surface area contributed by atoms with Gasteiger partial charge < -0.3 is 4.74 Å². The predicted molar refractivity (Wildman–Crippen MR) is 62.5 cm³/mol. The van der Waals surface area contributed by atoms with E-state index in [1.165, 1.54) is 24.3 Å². The standard InChI is InChI=1S/C14H7F3O3/c15-9-6-10(16)12(11(17)7-9)14(19)20-13(18)8-4-2-1-3-5-8/h1-7H. The van der Waals surface area contributed by atoms with Crippen LogP contribution in [-0.2, 0) is 4.74 Å². The van der Waals surface area contributed by atoms with E-state index in [0.717, 1.165) is 0 Å². The van der Waals surface area contributed by atoms with Crippen LogP contribution < -0.4 is 0 Å². The van der Waals surface area contributed by atoms with Gasteiger partial charge in [0.25, 0.3) is 0 Å². The summed E-state index contributed by atoms with van der Waals surface area (Å²) >= 11 is 0. The third kappa shape index (κ3) is 2.85. The molecule has 0 aliphatic carbocycles. The van der Waals surface area contributed by atoms with Crippen LogP contribution in [-0.4, -0.2) is 11.9 Å². The molecule has 0 spiro atoms. The van der Waals surface area contributed by atoms with Crippen molar-refractivity contribution in [3.8, 4) is 0 Å². The number of benzene rings is 2. The molecule has 6 heteroatoms. The van der Waals surface area contributed by atoms with Crippen LogP contribution in [0.4, 0.5) is 13.2 Å². The molecule has 102 valence electrons. The molecule has 0 saturated heterocycles. The normalized spacial score (nSPS) is 10.2. The first kappa shape index (κ1) is 13.8. The smallest absolute Gasteiger partial charge is 0.352 e. The van der Waals surface area contributed by atoms with E-state index in [0.29, 0.717) is 12.1 Å². The highest BCUT2D eigenvalue weighted by Crippen LogP contribution is 2.16. The molecule has 3 nitrogen and oxygen atoms in total. The summed E-state index contributed by atoms with van der Waals surface area (Å²) in [5.74, 6) is -6.62. The van der Waals surface area contributed by atoms with Gasteiger partial charge in [-0.2, -0.15) is 0 Å². The molecule has 0 bridgehead atoms. The van der Waals surface area contributed by atoms with Gasteiger partial charge in [0.05, 0.1) is 5.56 Å². The van der Waals surface area contributed by atoms with E-state index < -0.39 is 35.0 Å². The average Bonchev–Trinajstić information content (AvgIpc) is 2.38. The molecule has 0 heterocycles. The zero-order valence-electron chi connectivity index (χ0n) is 9.90. The van der Waals surface area contributed by atoms with Gasteiger partial charge in [-0.3, -0.25) is 0 Å². The molecule has 0 aromatic heterocycles. The Morgan fingerprint density at radius 3 is 1.95 bits per heavy atom. The molecule has 2 aromatic carbocycles. The number of ether oxygens (including phenoxy) is 1. The van der Waals surface area contributed by atoms with Gasteiger partial charge >= 0.3 is 11.9 Å². The third-order valence-corrected chi connectivity index (χ3v) is 2.41. The first-order valence-corrected chi connectivity index (χ1v) is 5.45. The molecular weight excluding hydrogens is 273 g/mol. The Hall–Kier alpha value is -2.63. The van der Waals surface area contributed by atoms with E-state index in [1.807, 2.05) is 0 Å². The topological polar surface area (TPSA) is 43.4 Å². The molecule has 0 unspecified atom stereocenters. The molecule has 0 saturated carbocycles. The summed E-state index contributed by atoms with van der Waals surface area (Å²) in [6.45, 7) is 0. The molecule has 0 N–H and O–H groups in total. The lowest BCUT2D eigenvalue weighted by atomic mass is 10.2. The van der Waals surface area contributed by atoms with Gasteiger partial charge in [0.2, 0.25) is 0 Å². The summed E-state index contributed by atoms with van der Waals surface area (Å²) in [6, 6.07) is 8.08. The monoisotopic (exact) mass is 280 g/mol. The highest BCUT2D eigenvalue weighted by Gasteiger charge is 2.23. The second kappa shape index (κ2) is 5.56. The fraction of sp³-hybridized carbons (Fsp3) is 0. The maximum Gasteiger partial charge on any atom is 0.352 e. The highest BCUT2D eigenvalue weighted by molar-refractivity contribution is 6.02. The second-order valence-electron chi connectivity index (χ2n) is 3.79. The molecule has 0 aliphatic rings. The predicted octanol–water partition coefficient (Wildman–Crippen LogP) is 3.10. The van der Waals surface area contributed by atoms with Gasteiger partial charge in [0.15, 0.2) is 0 Å². The van der Waals surface area contributed by atoms with Crippen LogP contribution in [0.3, 0.4) is 0 Å². The van der Waals surface area contributed by atoms with Crippen molar-refractivity contribution in [2.24, 2.45) is 0 Å². The molecule has 20 heavy (non-hydrogen) atoms. The van der Waals surface area contributed by atoms with E-state index >= 15 is 0 Å². The minimum atomic E-state index is -1.52. The number of hydrogen-bond donors (Lipinski definition) is 0. The molecule has 0 atom stereocenters. The zero-order chi connectivity index (χ0) is 14.7. The summed E-state index contributed by atoms with van der Waals surface area (Å²) in [4.78, 5) is 23.1. The van der Waals surface area contributed by atoms with Crippen molar-refractivity contribution in [1.82, 2.24) is 0 Å². The van der Waals surface area contributed by atoms with E-state index in [1.54, 1.807) is 6.07 Å². The van der Waals surface area contributed by atoms with E-state index in [9.17, 15) is 22.8 Å². The van der Waals surface area contributed by atoms with Crippen LogP contribution in [0.5, 0.6) is 0 Å². The van der Waals surface area contributed by atoms with Gasteiger partial charge in [-0.15, -0.1) is 0 Å². The largest absolute Gasteiger partial charge is 0.386 e. The van der Waals surface area contributed by atoms with Crippen LogP contribution in [0.2, 0.25) is 0 Å². The Kier molecular flexibility index (Phi) is 3.84.